The lowest BCUT2D eigenvalue weighted by Gasteiger charge is -2.22. The average Bonchev–Trinajstić information content (AvgIpc) is 2.68. The van der Waals surface area contributed by atoms with Crippen molar-refractivity contribution in [2.75, 3.05) is 18.6 Å². The van der Waals surface area contributed by atoms with Crippen molar-refractivity contribution in [1.82, 2.24) is 5.32 Å². The van der Waals surface area contributed by atoms with E-state index >= 15 is 0 Å². The van der Waals surface area contributed by atoms with Crippen molar-refractivity contribution in [3.8, 4) is 0 Å². The van der Waals surface area contributed by atoms with Gasteiger partial charge in [-0.25, -0.2) is 0 Å². The second kappa shape index (κ2) is 6.27. The molecule has 1 amide bonds. The molecule has 5 heteroatoms. The summed E-state index contributed by atoms with van der Waals surface area (Å²) in [5.41, 5.74) is 0.191. The van der Waals surface area contributed by atoms with E-state index in [0.29, 0.717) is 18.7 Å². The molecule has 0 bridgehead atoms. The minimum atomic E-state index is -0.830. The van der Waals surface area contributed by atoms with Gasteiger partial charge in [0.25, 0.3) is 0 Å². The van der Waals surface area contributed by atoms with Crippen LogP contribution < -0.4 is 5.32 Å². The highest BCUT2D eigenvalue weighted by Crippen LogP contribution is 2.10. The first-order chi connectivity index (χ1) is 7.53. The van der Waals surface area contributed by atoms with Gasteiger partial charge in [0.2, 0.25) is 5.91 Å². The summed E-state index contributed by atoms with van der Waals surface area (Å²) in [6.07, 6.45) is 2.32. The van der Waals surface area contributed by atoms with E-state index in [0.717, 1.165) is 5.56 Å². The van der Waals surface area contributed by atoms with E-state index in [4.69, 9.17) is 0 Å². The Hall–Kier alpha value is -0.520. The highest BCUT2D eigenvalue weighted by molar-refractivity contribution is 7.98. The van der Waals surface area contributed by atoms with Gasteiger partial charge in [-0.2, -0.15) is 23.1 Å². The fraction of sp³-hybridized carbons (Fsp3) is 0.545. The number of rotatable bonds is 6. The SMILES string of the molecule is CSCC(C)(O)CNC(=O)Cc1ccsc1. The first-order valence-corrected chi connectivity index (χ1v) is 7.36. The van der Waals surface area contributed by atoms with Crippen LogP contribution in [0.15, 0.2) is 16.8 Å². The molecule has 0 fully saturated rings. The number of thiophene rings is 1. The second-order valence-electron chi connectivity index (χ2n) is 4.02. The Kier molecular flexibility index (Phi) is 5.31. The first-order valence-electron chi connectivity index (χ1n) is 5.02. The molecule has 16 heavy (non-hydrogen) atoms. The van der Waals surface area contributed by atoms with E-state index in [-0.39, 0.29) is 5.91 Å². The summed E-state index contributed by atoms with van der Waals surface area (Å²) in [6, 6.07) is 1.93. The molecule has 1 rings (SSSR count). The number of carbonyl (C=O) groups is 1. The molecule has 90 valence electrons. The lowest BCUT2D eigenvalue weighted by atomic mass is 10.1. The molecule has 0 radical (unpaired) electrons. The van der Waals surface area contributed by atoms with Gasteiger partial charge in [-0.1, -0.05) is 0 Å². The fourth-order valence-corrected chi connectivity index (χ4v) is 2.68. The van der Waals surface area contributed by atoms with Crippen LogP contribution in [0.2, 0.25) is 0 Å². The zero-order chi connectivity index (χ0) is 12.0. The standard InChI is InChI=1S/C11H17NO2S2/c1-11(14,8-15-2)7-12-10(13)5-9-3-4-16-6-9/h3-4,6,14H,5,7-8H2,1-2H3,(H,12,13). The van der Waals surface area contributed by atoms with Gasteiger partial charge in [0, 0.05) is 12.3 Å². The van der Waals surface area contributed by atoms with Crippen molar-refractivity contribution >= 4 is 29.0 Å². The summed E-state index contributed by atoms with van der Waals surface area (Å²) in [4.78, 5) is 11.5. The highest BCUT2D eigenvalue weighted by Gasteiger charge is 2.20. The topological polar surface area (TPSA) is 49.3 Å². The molecule has 2 N–H and O–H groups in total. The third kappa shape index (κ3) is 5.01. The Morgan fingerprint density at radius 2 is 2.44 bits per heavy atom. The summed E-state index contributed by atoms with van der Waals surface area (Å²) in [6.45, 7) is 2.03. The molecule has 0 aromatic carbocycles. The Balaban J connectivity index is 2.30. The van der Waals surface area contributed by atoms with E-state index in [1.54, 1.807) is 30.0 Å². The maximum absolute atomic E-state index is 11.5. The molecule has 0 saturated carbocycles. The number of hydrogen-bond donors (Lipinski definition) is 2. The maximum atomic E-state index is 11.5. The average molecular weight is 259 g/mol. The van der Waals surface area contributed by atoms with E-state index < -0.39 is 5.60 Å². The molecule has 0 spiro atoms. The van der Waals surface area contributed by atoms with E-state index in [9.17, 15) is 9.90 Å². The summed E-state index contributed by atoms with van der Waals surface area (Å²) >= 11 is 3.15. The summed E-state index contributed by atoms with van der Waals surface area (Å²) in [7, 11) is 0. The van der Waals surface area contributed by atoms with Crippen LogP contribution in [0.4, 0.5) is 0 Å². The molecular weight excluding hydrogens is 242 g/mol. The molecule has 0 aliphatic heterocycles. The third-order valence-electron chi connectivity index (χ3n) is 2.07. The van der Waals surface area contributed by atoms with E-state index in [2.05, 4.69) is 5.32 Å². The number of amides is 1. The Morgan fingerprint density at radius 1 is 1.69 bits per heavy atom. The zero-order valence-corrected chi connectivity index (χ0v) is 11.2. The third-order valence-corrected chi connectivity index (χ3v) is 3.71. The van der Waals surface area contributed by atoms with Crippen LogP contribution >= 0.6 is 23.1 Å². The minimum absolute atomic E-state index is 0.0419. The van der Waals surface area contributed by atoms with Gasteiger partial charge in [-0.15, -0.1) is 0 Å². The molecule has 1 aromatic heterocycles. The van der Waals surface area contributed by atoms with Gasteiger partial charge in [0.15, 0.2) is 0 Å². The lowest BCUT2D eigenvalue weighted by molar-refractivity contribution is -0.121. The van der Waals surface area contributed by atoms with Gasteiger partial charge in [0.05, 0.1) is 12.0 Å². The molecule has 0 aliphatic rings. The zero-order valence-electron chi connectivity index (χ0n) is 9.53. The van der Waals surface area contributed by atoms with E-state index in [1.165, 1.54) is 0 Å². The van der Waals surface area contributed by atoms with Crippen LogP contribution in [0.5, 0.6) is 0 Å². The smallest absolute Gasteiger partial charge is 0.224 e. The molecule has 0 saturated heterocycles. The van der Waals surface area contributed by atoms with Crippen LogP contribution in [-0.2, 0) is 11.2 Å². The predicted octanol–water partition coefficient (Wildman–Crippen LogP) is 1.52. The van der Waals surface area contributed by atoms with Gasteiger partial charge < -0.3 is 10.4 Å². The molecule has 0 aliphatic carbocycles. The number of thioether (sulfide) groups is 1. The molecule has 1 heterocycles. The van der Waals surface area contributed by atoms with Crippen molar-refractivity contribution in [3.05, 3.63) is 22.4 Å². The van der Waals surface area contributed by atoms with Gasteiger partial charge in [-0.05, 0) is 35.6 Å². The van der Waals surface area contributed by atoms with Crippen LogP contribution in [0.25, 0.3) is 0 Å². The molecule has 1 atom stereocenters. The predicted molar refractivity (Wildman–Crippen MR) is 70.0 cm³/mol. The number of nitrogens with one attached hydrogen (secondary N) is 1. The molecule has 1 unspecified atom stereocenters. The summed E-state index contributed by atoms with van der Waals surface area (Å²) in [5.74, 6) is 0.575. The molecule has 3 nitrogen and oxygen atoms in total. The maximum Gasteiger partial charge on any atom is 0.224 e. The Labute approximate surface area is 104 Å². The van der Waals surface area contributed by atoms with Gasteiger partial charge in [0.1, 0.15) is 0 Å². The largest absolute Gasteiger partial charge is 0.387 e. The van der Waals surface area contributed by atoms with Gasteiger partial charge in [-0.3, -0.25) is 4.79 Å². The van der Waals surface area contributed by atoms with Crippen LogP contribution in [-0.4, -0.2) is 35.2 Å². The fourth-order valence-electron chi connectivity index (χ4n) is 1.29. The van der Waals surface area contributed by atoms with Crippen molar-refractivity contribution in [2.24, 2.45) is 0 Å². The number of carbonyl (C=O) groups excluding carboxylic acids is 1. The van der Waals surface area contributed by atoms with Crippen molar-refractivity contribution in [2.45, 2.75) is 18.9 Å². The number of aliphatic hydroxyl groups is 1. The lowest BCUT2D eigenvalue weighted by Crippen LogP contribution is -2.42. The molecular formula is C11H17NO2S2. The minimum Gasteiger partial charge on any atom is -0.387 e. The van der Waals surface area contributed by atoms with Crippen molar-refractivity contribution < 1.29 is 9.90 Å². The van der Waals surface area contributed by atoms with Crippen LogP contribution in [0.3, 0.4) is 0 Å². The van der Waals surface area contributed by atoms with Gasteiger partial charge >= 0.3 is 0 Å². The highest BCUT2D eigenvalue weighted by atomic mass is 32.2. The summed E-state index contributed by atoms with van der Waals surface area (Å²) < 4.78 is 0. The monoisotopic (exact) mass is 259 g/mol. The number of hydrogen-bond acceptors (Lipinski definition) is 4. The summed E-state index contributed by atoms with van der Waals surface area (Å²) in [5, 5.41) is 16.5. The van der Waals surface area contributed by atoms with Crippen molar-refractivity contribution in [3.63, 3.8) is 0 Å². The van der Waals surface area contributed by atoms with Crippen molar-refractivity contribution in [1.29, 1.82) is 0 Å². The van der Waals surface area contributed by atoms with Crippen LogP contribution in [0.1, 0.15) is 12.5 Å². The Bertz CT molecular complexity index is 323. The quantitative estimate of drug-likeness (QED) is 0.814. The Morgan fingerprint density at radius 3 is 3.00 bits per heavy atom. The molecule has 1 aromatic rings. The van der Waals surface area contributed by atoms with Crippen LogP contribution in [0, 0.1) is 0 Å². The van der Waals surface area contributed by atoms with E-state index in [1.807, 2.05) is 23.1 Å². The normalized spacial score (nSPS) is 14.4. The second-order valence-corrected chi connectivity index (χ2v) is 5.66. The first kappa shape index (κ1) is 13.5.